The summed E-state index contributed by atoms with van der Waals surface area (Å²) in [6.07, 6.45) is 0.599. The highest BCUT2D eigenvalue weighted by Crippen LogP contribution is 2.39. The van der Waals surface area contributed by atoms with Crippen LogP contribution in [0.15, 0.2) is 18.2 Å². The van der Waals surface area contributed by atoms with Crippen molar-refractivity contribution in [1.82, 2.24) is 0 Å². The Morgan fingerprint density at radius 2 is 2.00 bits per heavy atom. The minimum atomic E-state index is -0.120. The summed E-state index contributed by atoms with van der Waals surface area (Å²) in [4.78, 5) is 13.7. The molecule has 0 aliphatic carbocycles. The van der Waals surface area contributed by atoms with Crippen molar-refractivity contribution in [1.29, 1.82) is 0 Å². The van der Waals surface area contributed by atoms with E-state index in [1.54, 1.807) is 0 Å². The number of ketones is 1. The van der Waals surface area contributed by atoms with E-state index in [2.05, 4.69) is 18.7 Å². The van der Waals surface area contributed by atoms with E-state index in [1.165, 1.54) is 0 Å². The van der Waals surface area contributed by atoms with Crippen molar-refractivity contribution in [3.05, 3.63) is 18.2 Å². The molecule has 1 saturated heterocycles. The average Bonchev–Trinajstić information content (AvgIpc) is 2.80. The molecule has 0 amide bonds. The molecule has 0 aromatic heterocycles. The van der Waals surface area contributed by atoms with E-state index in [0.29, 0.717) is 13.0 Å². The van der Waals surface area contributed by atoms with Gasteiger partial charge in [-0.3, -0.25) is 4.79 Å². The number of benzene rings is 1. The number of carbonyl (C=O) groups excluding carboxylic acids is 1. The molecule has 0 atom stereocenters. The van der Waals surface area contributed by atoms with Gasteiger partial charge in [0.05, 0.1) is 6.54 Å². The maximum absolute atomic E-state index is 11.6. The molecule has 2 aliphatic heterocycles. The maximum Gasteiger partial charge on any atom is 0.231 e. The monoisotopic (exact) mass is 233 g/mol. The van der Waals surface area contributed by atoms with Crippen molar-refractivity contribution in [2.45, 2.75) is 25.8 Å². The van der Waals surface area contributed by atoms with Gasteiger partial charge in [0.2, 0.25) is 6.79 Å². The van der Waals surface area contributed by atoms with Gasteiger partial charge < -0.3 is 14.4 Å². The van der Waals surface area contributed by atoms with E-state index in [-0.39, 0.29) is 18.1 Å². The third kappa shape index (κ3) is 1.64. The lowest BCUT2D eigenvalue weighted by Crippen LogP contribution is -2.38. The molecule has 3 rings (SSSR count). The third-order valence-electron chi connectivity index (χ3n) is 3.36. The summed E-state index contributed by atoms with van der Waals surface area (Å²) in [5.41, 5.74) is 0.898. The number of hydrogen-bond donors (Lipinski definition) is 0. The number of nitrogens with zero attached hydrogens (tertiary/aromatic N) is 1. The van der Waals surface area contributed by atoms with E-state index in [9.17, 15) is 4.79 Å². The predicted octanol–water partition coefficient (Wildman–Crippen LogP) is 1.97. The number of hydrogen-bond acceptors (Lipinski definition) is 4. The number of fused-ring (bicyclic) bond motifs is 1. The van der Waals surface area contributed by atoms with Crippen LogP contribution in [0.1, 0.15) is 20.3 Å². The van der Waals surface area contributed by atoms with Gasteiger partial charge in [-0.05, 0) is 26.0 Å². The van der Waals surface area contributed by atoms with E-state index >= 15 is 0 Å². The molecule has 0 bridgehead atoms. The molecule has 0 N–H and O–H groups in total. The van der Waals surface area contributed by atoms with Gasteiger partial charge in [0.1, 0.15) is 0 Å². The van der Waals surface area contributed by atoms with E-state index in [1.807, 2.05) is 18.2 Å². The van der Waals surface area contributed by atoms with Gasteiger partial charge in [0.15, 0.2) is 17.3 Å². The lowest BCUT2D eigenvalue weighted by Gasteiger charge is -2.32. The molecule has 17 heavy (non-hydrogen) atoms. The fraction of sp³-hybridized carbons (Fsp3) is 0.462. The van der Waals surface area contributed by atoms with Crippen LogP contribution in [0.3, 0.4) is 0 Å². The summed E-state index contributed by atoms with van der Waals surface area (Å²) in [5.74, 6) is 1.82. The Balaban J connectivity index is 1.97. The van der Waals surface area contributed by atoms with Crippen molar-refractivity contribution in [2.24, 2.45) is 0 Å². The lowest BCUT2D eigenvalue weighted by molar-refractivity contribution is -0.116. The molecule has 0 spiro atoms. The normalized spacial score (nSPS) is 21.1. The van der Waals surface area contributed by atoms with Crippen LogP contribution < -0.4 is 14.4 Å². The molecule has 1 aromatic carbocycles. The molecular formula is C13H15NO3. The second-order valence-corrected chi connectivity index (χ2v) is 5.15. The van der Waals surface area contributed by atoms with E-state index in [0.717, 1.165) is 17.2 Å². The Kier molecular flexibility index (Phi) is 2.08. The summed E-state index contributed by atoms with van der Waals surface area (Å²) in [6, 6.07) is 5.83. The molecule has 0 saturated carbocycles. The van der Waals surface area contributed by atoms with Gasteiger partial charge in [0, 0.05) is 23.7 Å². The molecule has 0 radical (unpaired) electrons. The minimum Gasteiger partial charge on any atom is -0.454 e. The highest BCUT2D eigenvalue weighted by atomic mass is 16.7. The summed E-state index contributed by atoms with van der Waals surface area (Å²) in [7, 11) is 0. The first kappa shape index (κ1) is 10.4. The van der Waals surface area contributed by atoms with E-state index < -0.39 is 0 Å². The second kappa shape index (κ2) is 3.39. The van der Waals surface area contributed by atoms with Crippen molar-refractivity contribution in [3.8, 4) is 11.5 Å². The zero-order chi connectivity index (χ0) is 12.0. The van der Waals surface area contributed by atoms with Gasteiger partial charge in [-0.1, -0.05) is 0 Å². The smallest absolute Gasteiger partial charge is 0.231 e. The first-order chi connectivity index (χ1) is 8.06. The molecule has 1 aromatic rings. The van der Waals surface area contributed by atoms with Crippen LogP contribution in [0.2, 0.25) is 0 Å². The van der Waals surface area contributed by atoms with Gasteiger partial charge in [-0.2, -0.15) is 0 Å². The van der Waals surface area contributed by atoms with Crippen LogP contribution in [0.4, 0.5) is 5.69 Å². The minimum absolute atomic E-state index is 0.120. The number of Topliss-reactive ketones (excluding diaryl/α,β-unsaturated/α-hetero) is 1. The number of ether oxygens (including phenoxy) is 2. The molecular weight excluding hydrogens is 218 g/mol. The van der Waals surface area contributed by atoms with Crippen LogP contribution in [-0.4, -0.2) is 24.7 Å². The summed E-state index contributed by atoms with van der Waals surface area (Å²) in [5, 5.41) is 0. The van der Waals surface area contributed by atoms with Gasteiger partial charge in [0.25, 0.3) is 0 Å². The van der Waals surface area contributed by atoms with Crippen LogP contribution in [0.5, 0.6) is 11.5 Å². The summed E-state index contributed by atoms with van der Waals surface area (Å²) < 4.78 is 10.6. The van der Waals surface area contributed by atoms with Crippen molar-refractivity contribution in [2.75, 3.05) is 18.2 Å². The highest BCUT2D eigenvalue weighted by molar-refractivity contribution is 5.89. The number of rotatable bonds is 1. The Morgan fingerprint density at radius 1 is 1.24 bits per heavy atom. The van der Waals surface area contributed by atoms with Crippen LogP contribution in [0.25, 0.3) is 0 Å². The first-order valence-corrected chi connectivity index (χ1v) is 5.75. The van der Waals surface area contributed by atoms with E-state index in [4.69, 9.17) is 9.47 Å². The second-order valence-electron chi connectivity index (χ2n) is 5.15. The van der Waals surface area contributed by atoms with Crippen LogP contribution in [-0.2, 0) is 4.79 Å². The summed E-state index contributed by atoms with van der Waals surface area (Å²) in [6.45, 7) is 4.93. The third-order valence-corrected chi connectivity index (χ3v) is 3.36. The zero-order valence-electron chi connectivity index (χ0n) is 10.0. The van der Waals surface area contributed by atoms with Crippen LogP contribution >= 0.6 is 0 Å². The molecule has 4 nitrogen and oxygen atoms in total. The molecule has 4 heteroatoms. The fourth-order valence-corrected chi connectivity index (χ4v) is 2.52. The topological polar surface area (TPSA) is 38.8 Å². The highest BCUT2D eigenvalue weighted by Gasteiger charge is 2.37. The zero-order valence-corrected chi connectivity index (χ0v) is 10.0. The van der Waals surface area contributed by atoms with Crippen molar-refractivity contribution >= 4 is 11.5 Å². The molecule has 2 heterocycles. The molecule has 1 fully saturated rings. The van der Waals surface area contributed by atoms with Crippen molar-refractivity contribution < 1.29 is 14.3 Å². The molecule has 2 aliphatic rings. The Morgan fingerprint density at radius 3 is 2.71 bits per heavy atom. The number of carbonyl (C=O) groups is 1. The van der Waals surface area contributed by atoms with Gasteiger partial charge >= 0.3 is 0 Å². The Bertz CT molecular complexity index is 482. The van der Waals surface area contributed by atoms with Crippen molar-refractivity contribution in [3.63, 3.8) is 0 Å². The van der Waals surface area contributed by atoms with Crippen LogP contribution in [0, 0.1) is 0 Å². The SMILES string of the molecule is CC1(C)CC(=O)CN1c1ccc2c(c1)OCO2. The standard InChI is InChI=1S/C13H15NO3/c1-13(2)6-10(15)7-14(13)9-3-4-11-12(5-9)17-8-16-11/h3-5H,6-8H2,1-2H3. The predicted molar refractivity (Wildman–Crippen MR) is 63.6 cm³/mol. The largest absolute Gasteiger partial charge is 0.454 e. The van der Waals surface area contributed by atoms with Gasteiger partial charge in [-0.15, -0.1) is 0 Å². The molecule has 0 unspecified atom stereocenters. The fourth-order valence-electron chi connectivity index (χ4n) is 2.52. The summed E-state index contributed by atoms with van der Waals surface area (Å²) >= 11 is 0. The maximum atomic E-state index is 11.6. The Hall–Kier alpha value is -1.71. The van der Waals surface area contributed by atoms with Gasteiger partial charge in [-0.25, -0.2) is 0 Å². The molecule has 90 valence electrons. The number of anilines is 1. The Labute approximate surface area is 100 Å². The quantitative estimate of drug-likeness (QED) is 0.743. The average molecular weight is 233 g/mol. The lowest BCUT2D eigenvalue weighted by atomic mass is 10.0. The first-order valence-electron chi connectivity index (χ1n) is 5.75.